The van der Waals surface area contributed by atoms with E-state index in [0.29, 0.717) is 16.5 Å². The van der Waals surface area contributed by atoms with Crippen molar-refractivity contribution in [2.24, 2.45) is 0 Å². The quantitative estimate of drug-likeness (QED) is 0.784. The minimum Gasteiger partial charge on any atom is -0.478 e. The highest BCUT2D eigenvalue weighted by Crippen LogP contribution is 2.22. The molecule has 0 aliphatic heterocycles. The zero-order valence-electron chi connectivity index (χ0n) is 8.47. The topological polar surface area (TPSA) is 66.4 Å². The van der Waals surface area contributed by atoms with Gasteiger partial charge in [0.15, 0.2) is 0 Å². The van der Waals surface area contributed by atoms with Gasteiger partial charge < -0.3 is 10.4 Å². The van der Waals surface area contributed by atoms with Crippen molar-refractivity contribution in [1.82, 2.24) is 5.32 Å². The van der Waals surface area contributed by atoms with Crippen LogP contribution in [0.15, 0.2) is 17.5 Å². The molecule has 0 atom stereocenters. The number of aliphatic carboxylic acids is 1. The highest BCUT2D eigenvalue weighted by Gasteiger charge is 2.24. The second-order valence-corrected chi connectivity index (χ2v) is 4.54. The predicted molar refractivity (Wildman–Crippen MR) is 61.5 cm³/mol. The molecule has 1 aromatic heterocycles. The van der Waals surface area contributed by atoms with E-state index in [4.69, 9.17) is 5.11 Å². The van der Waals surface area contributed by atoms with Crippen molar-refractivity contribution < 1.29 is 14.7 Å². The largest absolute Gasteiger partial charge is 0.478 e. The Morgan fingerprint density at radius 2 is 2.25 bits per heavy atom. The van der Waals surface area contributed by atoms with E-state index in [-0.39, 0.29) is 5.91 Å². The van der Waals surface area contributed by atoms with Crippen LogP contribution in [0.5, 0.6) is 0 Å². The fourth-order valence-electron chi connectivity index (χ4n) is 1.27. The Balaban J connectivity index is 2.10. The van der Waals surface area contributed by atoms with Crippen LogP contribution in [0.3, 0.4) is 0 Å². The summed E-state index contributed by atoms with van der Waals surface area (Å²) in [6, 6.07) is 2.05. The number of carbonyl (C=O) groups excluding carboxylic acids is 1. The van der Waals surface area contributed by atoms with Crippen LogP contribution in [0, 0.1) is 0 Å². The number of amides is 1. The van der Waals surface area contributed by atoms with Crippen molar-refractivity contribution in [3.8, 4) is 0 Å². The van der Waals surface area contributed by atoms with Gasteiger partial charge in [0, 0.05) is 12.1 Å². The maximum atomic E-state index is 11.7. The summed E-state index contributed by atoms with van der Waals surface area (Å²) in [5.74, 6) is -1.12. The number of thiophene rings is 1. The van der Waals surface area contributed by atoms with Gasteiger partial charge in [-0.1, -0.05) is 0 Å². The van der Waals surface area contributed by atoms with Gasteiger partial charge in [-0.3, -0.25) is 4.79 Å². The molecule has 2 rings (SSSR count). The van der Waals surface area contributed by atoms with Gasteiger partial charge in [0.05, 0.1) is 4.88 Å². The molecule has 0 saturated heterocycles. The summed E-state index contributed by atoms with van der Waals surface area (Å²) in [5, 5.41) is 13.2. The number of hydrogen-bond acceptors (Lipinski definition) is 3. The summed E-state index contributed by atoms with van der Waals surface area (Å²) in [7, 11) is 0. The molecule has 1 amide bonds. The predicted octanol–water partition coefficient (Wildman–Crippen LogP) is 1.74. The number of nitrogens with one attached hydrogen (secondary N) is 1. The molecule has 0 aromatic carbocycles. The maximum absolute atomic E-state index is 11.7. The summed E-state index contributed by atoms with van der Waals surface area (Å²) < 4.78 is 0. The first-order chi connectivity index (χ1) is 7.66. The lowest BCUT2D eigenvalue weighted by Gasteiger charge is -2.01. The minimum absolute atomic E-state index is 0.109. The molecule has 1 aromatic rings. The molecular weight excluding hydrogens is 226 g/mol. The van der Waals surface area contributed by atoms with Crippen LogP contribution >= 0.6 is 11.3 Å². The lowest BCUT2D eigenvalue weighted by atomic mass is 10.2. The van der Waals surface area contributed by atoms with E-state index < -0.39 is 5.97 Å². The summed E-state index contributed by atoms with van der Waals surface area (Å²) in [6.45, 7) is 0. The van der Waals surface area contributed by atoms with Crippen LogP contribution < -0.4 is 5.32 Å². The van der Waals surface area contributed by atoms with E-state index in [0.717, 1.165) is 18.9 Å². The Morgan fingerprint density at radius 1 is 1.50 bits per heavy atom. The Labute approximate surface area is 96.6 Å². The van der Waals surface area contributed by atoms with E-state index >= 15 is 0 Å². The molecule has 5 heteroatoms. The van der Waals surface area contributed by atoms with Gasteiger partial charge in [-0.05, 0) is 35.9 Å². The highest BCUT2D eigenvalue weighted by molar-refractivity contribution is 7.12. The second-order valence-electron chi connectivity index (χ2n) is 3.62. The third kappa shape index (κ3) is 2.70. The van der Waals surface area contributed by atoms with Crippen molar-refractivity contribution in [3.05, 3.63) is 28.0 Å². The highest BCUT2D eigenvalue weighted by atomic mass is 32.1. The van der Waals surface area contributed by atoms with E-state index in [1.807, 2.05) is 0 Å². The summed E-state index contributed by atoms with van der Waals surface area (Å²) in [4.78, 5) is 22.7. The zero-order valence-corrected chi connectivity index (χ0v) is 9.29. The van der Waals surface area contributed by atoms with Crippen LogP contribution in [0.2, 0.25) is 0 Å². The van der Waals surface area contributed by atoms with E-state index in [1.165, 1.54) is 17.4 Å². The first-order valence-electron chi connectivity index (χ1n) is 4.96. The lowest BCUT2D eigenvalue weighted by Crippen LogP contribution is -2.24. The first-order valence-corrected chi connectivity index (χ1v) is 5.84. The fraction of sp³-hybridized carbons (Fsp3) is 0.273. The van der Waals surface area contributed by atoms with E-state index in [2.05, 4.69) is 5.32 Å². The molecule has 1 aliphatic carbocycles. The molecule has 1 aliphatic rings. The van der Waals surface area contributed by atoms with Gasteiger partial charge in [-0.25, -0.2) is 4.79 Å². The Bertz CT molecular complexity index is 446. The van der Waals surface area contributed by atoms with Gasteiger partial charge in [0.1, 0.15) is 0 Å². The number of carboxylic acids is 1. The standard InChI is InChI=1S/C11H11NO3S/c13-9(14)4-1-7-5-6-16-10(7)11(15)12-8-2-3-8/h1,4-6,8H,2-3H2,(H,12,15)(H,13,14). The Morgan fingerprint density at radius 3 is 2.88 bits per heavy atom. The van der Waals surface area contributed by atoms with Crippen molar-refractivity contribution in [3.63, 3.8) is 0 Å². The average Bonchev–Trinajstić information content (AvgIpc) is 2.91. The molecule has 1 saturated carbocycles. The van der Waals surface area contributed by atoms with Gasteiger partial charge in [-0.2, -0.15) is 0 Å². The van der Waals surface area contributed by atoms with Crippen LogP contribution in [0.4, 0.5) is 0 Å². The van der Waals surface area contributed by atoms with Crippen molar-refractivity contribution in [2.45, 2.75) is 18.9 Å². The minimum atomic E-state index is -1.01. The number of hydrogen-bond donors (Lipinski definition) is 2. The van der Waals surface area contributed by atoms with Gasteiger partial charge >= 0.3 is 5.97 Å². The Hall–Kier alpha value is -1.62. The number of rotatable bonds is 4. The van der Waals surface area contributed by atoms with Crippen molar-refractivity contribution >= 4 is 29.3 Å². The Kier molecular flexibility index (Phi) is 3.05. The SMILES string of the molecule is O=C(O)C=Cc1ccsc1C(=O)NC1CC1. The molecule has 0 spiro atoms. The van der Waals surface area contributed by atoms with Gasteiger partial charge in [0.25, 0.3) is 5.91 Å². The molecule has 0 radical (unpaired) electrons. The maximum Gasteiger partial charge on any atom is 0.328 e. The molecule has 0 unspecified atom stereocenters. The second kappa shape index (κ2) is 4.49. The lowest BCUT2D eigenvalue weighted by molar-refractivity contribution is -0.131. The zero-order chi connectivity index (χ0) is 11.5. The molecule has 84 valence electrons. The van der Waals surface area contributed by atoms with Gasteiger partial charge in [0.2, 0.25) is 0 Å². The third-order valence-electron chi connectivity index (χ3n) is 2.22. The number of carboxylic acid groups (broad SMARTS) is 1. The third-order valence-corrected chi connectivity index (χ3v) is 3.15. The van der Waals surface area contributed by atoms with E-state index in [9.17, 15) is 9.59 Å². The fourth-order valence-corrected chi connectivity index (χ4v) is 2.06. The van der Waals surface area contributed by atoms with Gasteiger partial charge in [-0.15, -0.1) is 11.3 Å². The molecule has 1 fully saturated rings. The molecule has 4 nitrogen and oxygen atoms in total. The normalized spacial score (nSPS) is 15.2. The average molecular weight is 237 g/mol. The smallest absolute Gasteiger partial charge is 0.328 e. The van der Waals surface area contributed by atoms with Crippen LogP contribution in [0.25, 0.3) is 6.08 Å². The molecule has 0 bridgehead atoms. The van der Waals surface area contributed by atoms with Crippen LogP contribution in [-0.4, -0.2) is 23.0 Å². The molecule has 16 heavy (non-hydrogen) atoms. The van der Waals surface area contributed by atoms with Crippen LogP contribution in [0.1, 0.15) is 28.1 Å². The first kappa shape index (κ1) is 10.9. The molecule has 1 heterocycles. The monoisotopic (exact) mass is 237 g/mol. The number of carbonyl (C=O) groups is 2. The van der Waals surface area contributed by atoms with E-state index in [1.54, 1.807) is 11.4 Å². The van der Waals surface area contributed by atoms with Crippen molar-refractivity contribution in [2.75, 3.05) is 0 Å². The molecule has 2 N–H and O–H groups in total. The van der Waals surface area contributed by atoms with Crippen LogP contribution in [-0.2, 0) is 4.79 Å². The summed E-state index contributed by atoms with van der Waals surface area (Å²) in [5.41, 5.74) is 0.658. The summed E-state index contributed by atoms with van der Waals surface area (Å²) in [6.07, 6.45) is 4.56. The summed E-state index contributed by atoms with van der Waals surface area (Å²) >= 11 is 1.32. The molecular formula is C11H11NO3S. The van der Waals surface area contributed by atoms with Crippen molar-refractivity contribution in [1.29, 1.82) is 0 Å².